The molecule has 3 nitrogen and oxygen atoms in total. The van der Waals surface area contributed by atoms with Crippen LogP contribution in [0.25, 0.3) is 0 Å². The highest BCUT2D eigenvalue weighted by Gasteiger charge is 2.13. The van der Waals surface area contributed by atoms with E-state index in [0.29, 0.717) is 6.04 Å². The maximum absolute atomic E-state index is 4.21. The Bertz CT molecular complexity index is 472. The molecule has 2 heterocycles. The first-order chi connectivity index (χ1) is 8.22. The van der Waals surface area contributed by atoms with Crippen LogP contribution >= 0.6 is 11.3 Å². The summed E-state index contributed by atoms with van der Waals surface area (Å²) in [6.45, 7) is 2.20. The minimum atomic E-state index is 0.393. The summed E-state index contributed by atoms with van der Waals surface area (Å²) in [5.41, 5.74) is 1.28. The van der Waals surface area contributed by atoms with Crippen LogP contribution in [-0.2, 0) is 19.9 Å². The largest absolute Gasteiger partial charge is 0.312 e. The van der Waals surface area contributed by atoms with E-state index in [1.54, 1.807) is 0 Å². The molecule has 1 unspecified atom stereocenters. The summed E-state index contributed by atoms with van der Waals surface area (Å²) >= 11 is 1.90. The monoisotopic (exact) mass is 249 g/mol. The van der Waals surface area contributed by atoms with Crippen LogP contribution in [0.2, 0.25) is 0 Å². The fourth-order valence-electron chi connectivity index (χ4n) is 1.93. The fourth-order valence-corrected chi connectivity index (χ4v) is 2.99. The Morgan fingerprint density at radius 2 is 2.29 bits per heavy atom. The van der Waals surface area contributed by atoms with Crippen molar-refractivity contribution in [2.45, 2.75) is 25.8 Å². The number of nitrogens with one attached hydrogen (secondary N) is 1. The molecule has 0 aliphatic heterocycles. The molecule has 1 atom stereocenters. The molecule has 0 aromatic carbocycles. The first kappa shape index (κ1) is 12.3. The van der Waals surface area contributed by atoms with Gasteiger partial charge in [0.1, 0.15) is 0 Å². The van der Waals surface area contributed by atoms with Gasteiger partial charge in [0.2, 0.25) is 0 Å². The van der Waals surface area contributed by atoms with E-state index in [9.17, 15) is 0 Å². The smallest absolute Gasteiger partial charge is 0.0522 e. The molecule has 4 heteroatoms. The molecule has 0 aliphatic carbocycles. The van der Waals surface area contributed by atoms with E-state index in [2.05, 4.69) is 35.7 Å². The number of aromatic nitrogens is 2. The molecular weight excluding hydrogens is 230 g/mol. The van der Waals surface area contributed by atoms with Gasteiger partial charge >= 0.3 is 0 Å². The van der Waals surface area contributed by atoms with Gasteiger partial charge in [-0.2, -0.15) is 5.10 Å². The second kappa shape index (κ2) is 5.47. The average Bonchev–Trinajstić information content (AvgIpc) is 2.94. The van der Waals surface area contributed by atoms with Gasteiger partial charge in [-0.3, -0.25) is 4.68 Å². The van der Waals surface area contributed by atoms with Crippen molar-refractivity contribution in [3.8, 4) is 0 Å². The molecule has 0 amide bonds. The number of nitrogens with zero attached hydrogens (tertiary/aromatic N) is 2. The van der Waals surface area contributed by atoms with Crippen LogP contribution < -0.4 is 5.32 Å². The summed E-state index contributed by atoms with van der Waals surface area (Å²) in [5.74, 6) is 0. The molecule has 0 saturated carbocycles. The third-order valence-electron chi connectivity index (χ3n) is 2.92. The molecule has 0 aliphatic rings. The first-order valence-electron chi connectivity index (χ1n) is 5.96. The Hall–Kier alpha value is -1.13. The normalized spacial score (nSPS) is 12.9. The van der Waals surface area contributed by atoms with Crippen molar-refractivity contribution >= 4 is 11.3 Å². The number of aryl methyl sites for hydroxylation is 2. The summed E-state index contributed by atoms with van der Waals surface area (Å²) in [7, 11) is 3.98. The molecule has 2 aromatic rings. The van der Waals surface area contributed by atoms with Crippen molar-refractivity contribution in [3.63, 3.8) is 0 Å². The Morgan fingerprint density at radius 1 is 1.47 bits per heavy atom. The Morgan fingerprint density at radius 3 is 2.82 bits per heavy atom. The van der Waals surface area contributed by atoms with Gasteiger partial charge in [-0.15, -0.1) is 11.3 Å². The first-order valence-corrected chi connectivity index (χ1v) is 6.78. The number of likely N-dealkylation sites (N-methyl/N-ethyl adjacent to an activating group) is 1. The molecule has 17 heavy (non-hydrogen) atoms. The van der Waals surface area contributed by atoms with Crippen molar-refractivity contribution < 1.29 is 0 Å². The summed E-state index contributed by atoms with van der Waals surface area (Å²) in [5, 5.41) is 7.60. The number of hydrogen-bond donors (Lipinski definition) is 1. The minimum absolute atomic E-state index is 0.393. The van der Waals surface area contributed by atoms with Crippen LogP contribution in [-0.4, -0.2) is 16.8 Å². The second-order valence-corrected chi connectivity index (χ2v) is 5.43. The van der Waals surface area contributed by atoms with Crippen molar-refractivity contribution in [3.05, 3.63) is 39.8 Å². The predicted molar refractivity (Wildman–Crippen MR) is 72.4 cm³/mol. The summed E-state index contributed by atoms with van der Waals surface area (Å²) in [6.07, 6.45) is 6.14. The van der Waals surface area contributed by atoms with Crippen LogP contribution in [0.1, 0.15) is 28.3 Å². The van der Waals surface area contributed by atoms with E-state index < -0.39 is 0 Å². The van der Waals surface area contributed by atoms with Gasteiger partial charge in [-0.1, -0.05) is 6.92 Å². The van der Waals surface area contributed by atoms with Gasteiger partial charge in [0.25, 0.3) is 0 Å². The highest BCUT2D eigenvalue weighted by atomic mass is 32.1. The lowest BCUT2D eigenvalue weighted by molar-refractivity contribution is 0.602. The van der Waals surface area contributed by atoms with E-state index >= 15 is 0 Å². The summed E-state index contributed by atoms with van der Waals surface area (Å²) in [6, 6.07) is 4.86. The van der Waals surface area contributed by atoms with Crippen molar-refractivity contribution in [1.29, 1.82) is 0 Å². The maximum Gasteiger partial charge on any atom is 0.0522 e. The van der Waals surface area contributed by atoms with Crippen LogP contribution in [0.5, 0.6) is 0 Å². The summed E-state index contributed by atoms with van der Waals surface area (Å²) < 4.78 is 1.86. The van der Waals surface area contributed by atoms with Crippen molar-refractivity contribution in [2.24, 2.45) is 7.05 Å². The van der Waals surface area contributed by atoms with Crippen LogP contribution in [0.3, 0.4) is 0 Å². The van der Waals surface area contributed by atoms with Gasteiger partial charge in [0, 0.05) is 29.0 Å². The quantitative estimate of drug-likeness (QED) is 0.882. The second-order valence-electron chi connectivity index (χ2n) is 4.23. The SMILES string of the molecule is CCc1ccc(C(Cc2cnn(C)c2)NC)s1. The standard InChI is InChI=1S/C13H19N3S/c1-4-11-5-6-13(17-11)12(14-2)7-10-8-15-16(3)9-10/h5-6,8-9,12,14H,4,7H2,1-3H3. The van der Waals surface area contributed by atoms with E-state index in [4.69, 9.17) is 0 Å². The molecule has 0 radical (unpaired) electrons. The van der Waals surface area contributed by atoms with Gasteiger partial charge in [-0.25, -0.2) is 0 Å². The van der Waals surface area contributed by atoms with Crippen molar-refractivity contribution in [2.75, 3.05) is 7.05 Å². The molecule has 0 fully saturated rings. The zero-order chi connectivity index (χ0) is 12.3. The number of rotatable bonds is 5. The van der Waals surface area contributed by atoms with Crippen LogP contribution in [0.4, 0.5) is 0 Å². The minimum Gasteiger partial charge on any atom is -0.312 e. The zero-order valence-corrected chi connectivity index (χ0v) is 11.4. The van der Waals surface area contributed by atoms with Gasteiger partial charge in [0.15, 0.2) is 0 Å². The highest BCUT2D eigenvalue weighted by Crippen LogP contribution is 2.26. The predicted octanol–water partition coefficient (Wildman–Crippen LogP) is 2.55. The molecular formula is C13H19N3S. The molecule has 2 aromatic heterocycles. The van der Waals surface area contributed by atoms with Gasteiger partial charge < -0.3 is 5.32 Å². The fraction of sp³-hybridized carbons (Fsp3) is 0.462. The molecule has 0 spiro atoms. The lowest BCUT2D eigenvalue weighted by Crippen LogP contribution is -2.17. The maximum atomic E-state index is 4.21. The average molecular weight is 249 g/mol. The number of thiophene rings is 1. The highest BCUT2D eigenvalue weighted by molar-refractivity contribution is 7.12. The lowest BCUT2D eigenvalue weighted by Gasteiger charge is -2.13. The molecule has 0 bridgehead atoms. The molecule has 92 valence electrons. The van der Waals surface area contributed by atoms with E-state index in [-0.39, 0.29) is 0 Å². The third kappa shape index (κ3) is 2.96. The van der Waals surface area contributed by atoms with E-state index in [1.165, 1.54) is 15.3 Å². The molecule has 1 N–H and O–H groups in total. The Balaban J connectivity index is 2.10. The Labute approximate surface area is 106 Å². The number of hydrogen-bond acceptors (Lipinski definition) is 3. The van der Waals surface area contributed by atoms with Gasteiger partial charge in [0.05, 0.1) is 6.20 Å². The third-order valence-corrected chi connectivity index (χ3v) is 4.26. The van der Waals surface area contributed by atoms with Gasteiger partial charge in [-0.05, 0) is 37.6 Å². The molecule has 0 saturated heterocycles. The molecule has 2 rings (SSSR count). The summed E-state index contributed by atoms with van der Waals surface area (Å²) in [4.78, 5) is 2.86. The lowest BCUT2D eigenvalue weighted by atomic mass is 10.1. The van der Waals surface area contributed by atoms with E-state index in [1.807, 2.05) is 36.3 Å². The van der Waals surface area contributed by atoms with Crippen LogP contribution in [0, 0.1) is 0 Å². The van der Waals surface area contributed by atoms with Crippen molar-refractivity contribution in [1.82, 2.24) is 15.1 Å². The zero-order valence-electron chi connectivity index (χ0n) is 10.6. The topological polar surface area (TPSA) is 29.9 Å². The van der Waals surface area contributed by atoms with Crippen LogP contribution in [0.15, 0.2) is 24.5 Å². The Kier molecular flexibility index (Phi) is 3.97. The van der Waals surface area contributed by atoms with E-state index in [0.717, 1.165) is 12.8 Å².